The van der Waals surface area contributed by atoms with E-state index < -0.39 is 4.92 Å². The van der Waals surface area contributed by atoms with Crippen LogP contribution in [0.1, 0.15) is 12.5 Å². The highest BCUT2D eigenvalue weighted by Crippen LogP contribution is 2.15. The van der Waals surface area contributed by atoms with E-state index >= 15 is 0 Å². The average Bonchev–Trinajstić information content (AvgIpc) is 2.40. The molecule has 1 N–H and O–H groups in total. The number of rotatable bonds is 5. The molecule has 1 heterocycles. The minimum atomic E-state index is -0.422. The number of benzene rings is 1. The molecule has 5 heteroatoms. The fraction of sp³-hybridized carbons (Fsp3) is 0.214. The van der Waals surface area contributed by atoms with Gasteiger partial charge in [-0.25, -0.2) is 4.98 Å². The normalized spacial score (nSPS) is 11.8. The lowest BCUT2D eigenvalue weighted by molar-refractivity contribution is -0.384. The summed E-state index contributed by atoms with van der Waals surface area (Å²) in [5, 5.41) is 13.9. The molecule has 0 fully saturated rings. The van der Waals surface area contributed by atoms with Crippen molar-refractivity contribution in [1.29, 1.82) is 0 Å². The zero-order valence-electron chi connectivity index (χ0n) is 10.6. The minimum absolute atomic E-state index is 0.0458. The van der Waals surface area contributed by atoms with Crippen molar-refractivity contribution in [2.45, 2.75) is 19.4 Å². The molecule has 1 atom stereocenters. The molecule has 0 aliphatic carbocycles. The first kappa shape index (κ1) is 13.0. The third kappa shape index (κ3) is 3.77. The molecule has 0 radical (unpaired) electrons. The summed E-state index contributed by atoms with van der Waals surface area (Å²) < 4.78 is 0. The van der Waals surface area contributed by atoms with E-state index in [1.165, 1.54) is 23.9 Å². The highest BCUT2D eigenvalue weighted by molar-refractivity contribution is 5.44. The van der Waals surface area contributed by atoms with Gasteiger partial charge >= 0.3 is 0 Å². The van der Waals surface area contributed by atoms with Gasteiger partial charge in [0.2, 0.25) is 0 Å². The van der Waals surface area contributed by atoms with Crippen LogP contribution in [0.2, 0.25) is 0 Å². The van der Waals surface area contributed by atoms with Crippen molar-refractivity contribution in [3.8, 4) is 0 Å². The van der Waals surface area contributed by atoms with Gasteiger partial charge in [-0.1, -0.05) is 30.3 Å². The molecule has 0 amide bonds. The molecule has 1 aromatic carbocycles. The Morgan fingerprint density at radius 2 is 2.05 bits per heavy atom. The van der Waals surface area contributed by atoms with Crippen molar-refractivity contribution < 1.29 is 4.92 Å². The summed E-state index contributed by atoms with van der Waals surface area (Å²) in [6.45, 7) is 2.02. The number of nitrogens with zero attached hydrogens (tertiary/aromatic N) is 2. The van der Waals surface area contributed by atoms with E-state index in [1.54, 1.807) is 0 Å². The van der Waals surface area contributed by atoms with E-state index in [0.29, 0.717) is 5.82 Å². The summed E-state index contributed by atoms with van der Waals surface area (Å²) in [7, 11) is 0. The predicted octanol–water partition coefficient (Wildman–Crippen LogP) is 3.03. The van der Waals surface area contributed by atoms with Crippen LogP contribution in [0.15, 0.2) is 48.7 Å². The first-order chi connectivity index (χ1) is 9.15. The van der Waals surface area contributed by atoms with Crippen LogP contribution in [0, 0.1) is 10.1 Å². The van der Waals surface area contributed by atoms with Crippen LogP contribution in [0.3, 0.4) is 0 Å². The highest BCUT2D eigenvalue weighted by atomic mass is 16.6. The predicted molar refractivity (Wildman–Crippen MR) is 74.1 cm³/mol. The van der Waals surface area contributed by atoms with Crippen molar-refractivity contribution in [2.24, 2.45) is 0 Å². The molecule has 0 aliphatic heterocycles. The van der Waals surface area contributed by atoms with Crippen molar-refractivity contribution in [3.63, 3.8) is 0 Å². The molecule has 0 bridgehead atoms. The number of anilines is 1. The maximum atomic E-state index is 10.7. The first-order valence-electron chi connectivity index (χ1n) is 6.06. The number of nitro groups is 1. The minimum Gasteiger partial charge on any atom is -0.367 e. The van der Waals surface area contributed by atoms with Crippen LogP contribution in [0.4, 0.5) is 11.5 Å². The second-order valence-electron chi connectivity index (χ2n) is 4.39. The van der Waals surface area contributed by atoms with Gasteiger partial charge in [0, 0.05) is 18.3 Å². The van der Waals surface area contributed by atoms with E-state index in [1.807, 2.05) is 25.1 Å². The van der Waals surface area contributed by atoms with E-state index in [4.69, 9.17) is 0 Å². The monoisotopic (exact) mass is 257 g/mol. The Kier molecular flexibility index (Phi) is 4.07. The molecule has 0 spiro atoms. The zero-order valence-corrected chi connectivity index (χ0v) is 10.6. The van der Waals surface area contributed by atoms with E-state index in [2.05, 4.69) is 22.4 Å². The van der Waals surface area contributed by atoms with E-state index in [0.717, 1.165) is 6.42 Å². The smallest absolute Gasteiger partial charge is 0.274 e. The molecule has 2 rings (SSSR count). The molecule has 2 aromatic rings. The standard InChI is InChI=1S/C14H15N3O2/c1-11(9-12-5-3-2-4-6-12)16-14-10-13(17(18)19)7-8-15-14/h2-8,10-11H,9H2,1H3,(H,15,16). The zero-order chi connectivity index (χ0) is 13.7. The molecule has 19 heavy (non-hydrogen) atoms. The van der Waals surface area contributed by atoms with Gasteiger partial charge in [-0.2, -0.15) is 0 Å². The Morgan fingerprint density at radius 3 is 2.74 bits per heavy atom. The number of pyridine rings is 1. The van der Waals surface area contributed by atoms with Crippen molar-refractivity contribution >= 4 is 11.5 Å². The van der Waals surface area contributed by atoms with Crippen LogP contribution in [0.25, 0.3) is 0 Å². The van der Waals surface area contributed by atoms with Gasteiger partial charge < -0.3 is 5.32 Å². The molecule has 98 valence electrons. The van der Waals surface area contributed by atoms with Gasteiger partial charge in [0.15, 0.2) is 0 Å². The van der Waals surface area contributed by atoms with Crippen LogP contribution in [0.5, 0.6) is 0 Å². The van der Waals surface area contributed by atoms with Gasteiger partial charge in [-0.3, -0.25) is 10.1 Å². The lowest BCUT2D eigenvalue weighted by atomic mass is 10.1. The molecule has 0 saturated carbocycles. The average molecular weight is 257 g/mol. The fourth-order valence-corrected chi connectivity index (χ4v) is 1.88. The van der Waals surface area contributed by atoms with Crippen molar-refractivity contribution in [2.75, 3.05) is 5.32 Å². The van der Waals surface area contributed by atoms with Crippen LogP contribution in [-0.4, -0.2) is 15.9 Å². The lowest BCUT2D eigenvalue weighted by Crippen LogP contribution is -2.18. The van der Waals surface area contributed by atoms with Crippen LogP contribution >= 0.6 is 0 Å². The number of aromatic nitrogens is 1. The fourth-order valence-electron chi connectivity index (χ4n) is 1.88. The summed E-state index contributed by atoms with van der Waals surface area (Å²) in [6, 6.07) is 13.1. The summed E-state index contributed by atoms with van der Waals surface area (Å²) in [4.78, 5) is 14.3. The Labute approximate surface area is 111 Å². The number of nitrogens with one attached hydrogen (secondary N) is 1. The third-order valence-corrected chi connectivity index (χ3v) is 2.73. The molecule has 5 nitrogen and oxygen atoms in total. The van der Waals surface area contributed by atoms with Crippen LogP contribution in [-0.2, 0) is 6.42 Å². The maximum Gasteiger partial charge on any atom is 0.274 e. The summed E-state index contributed by atoms with van der Waals surface area (Å²) in [5.74, 6) is 0.526. The summed E-state index contributed by atoms with van der Waals surface area (Å²) >= 11 is 0. The van der Waals surface area contributed by atoms with E-state index in [-0.39, 0.29) is 11.7 Å². The molecule has 0 saturated heterocycles. The third-order valence-electron chi connectivity index (χ3n) is 2.73. The SMILES string of the molecule is CC(Cc1ccccc1)Nc1cc([N+](=O)[O-])ccn1. The molecular weight excluding hydrogens is 242 g/mol. The van der Waals surface area contributed by atoms with Gasteiger partial charge in [0.25, 0.3) is 5.69 Å². The maximum absolute atomic E-state index is 10.7. The lowest BCUT2D eigenvalue weighted by Gasteiger charge is -2.14. The summed E-state index contributed by atoms with van der Waals surface area (Å²) in [6.07, 6.45) is 2.28. The Balaban J connectivity index is 2.01. The number of hydrogen-bond donors (Lipinski definition) is 1. The molecule has 0 aliphatic rings. The van der Waals surface area contributed by atoms with Crippen molar-refractivity contribution in [1.82, 2.24) is 4.98 Å². The Bertz CT molecular complexity index is 558. The number of hydrogen-bond acceptors (Lipinski definition) is 4. The van der Waals surface area contributed by atoms with Gasteiger partial charge in [0.05, 0.1) is 11.0 Å². The van der Waals surface area contributed by atoms with E-state index in [9.17, 15) is 10.1 Å². The topological polar surface area (TPSA) is 68.1 Å². The molecular formula is C14H15N3O2. The summed E-state index contributed by atoms with van der Waals surface area (Å²) in [5.41, 5.74) is 1.26. The molecule has 1 aromatic heterocycles. The quantitative estimate of drug-likeness (QED) is 0.660. The van der Waals surface area contributed by atoms with Crippen molar-refractivity contribution in [3.05, 3.63) is 64.3 Å². The Hall–Kier alpha value is -2.43. The van der Waals surface area contributed by atoms with Gasteiger partial charge in [0.1, 0.15) is 5.82 Å². The second-order valence-corrected chi connectivity index (χ2v) is 4.39. The molecule has 1 unspecified atom stereocenters. The Morgan fingerprint density at radius 1 is 1.32 bits per heavy atom. The van der Waals surface area contributed by atoms with Gasteiger partial charge in [-0.05, 0) is 18.9 Å². The van der Waals surface area contributed by atoms with Crippen LogP contribution < -0.4 is 5.32 Å². The largest absolute Gasteiger partial charge is 0.367 e. The van der Waals surface area contributed by atoms with Gasteiger partial charge in [-0.15, -0.1) is 0 Å². The first-order valence-corrected chi connectivity index (χ1v) is 6.06. The highest BCUT2D eigenvalue weighted by Gasteiger charge is 2.09. The second kappa shape index (κ2) is 5.95.